The van der Waals surface area contributed by atoms with Crippen molar-refractivity contribution in [3.63, 3.8) is 0 Å². The third-order valence-corrected chi connectivity index (χ3v) is 4.64. The second-order valence-corrected chi connectivity index (χ2v) is 6.72. The fraction of sp³-hybridized carbons (Fsp3) is 0.286. The Kier molecular flexibility index (Phi) is 8.64. The van der Waals surface area contributed by atoms with Crippen molar-refractivity contribution in [3.05, 3.63) is 81.3 Å². The molecule has 1 aromatic carbocycles. The van der Waals surface area contributed by atoms with Gasteiger partial charge in [0.15, 0.2) is 0 Å². The topological polar surface area (TPSA) is 40.6 Å². The number of aromatic nitrogens is 1. The van der Waals surface area contributed by atoms with E-state index >= 15 is 0 Å². The molecule has 1 aromatic heterocycles. The highest BCUT2D eigenvalue weighted by Crippen LogP contribution is 2.22. The van der Waals surface area contributed by atoms with Crippen LogP contribution in [-0.4, -0.2) is 18.7 Å². The Hall–Kier alpha value is -2.02. The van der Waals surface area contributed by atoms with E-state index in [4.69, 9.17) is 14.5 Å². The number of methoxy groups -OCH3 is 1. The van der Waals surface area contributed by atoms with Crippen LogP contribution in [0.2, 0.25) is 0 Å². The average molecular weight is 436 g/mol. The van der Waals surface area contributed by atoms with Crippen LogP contribution >= 0.6 is 15.9 Å². The number of halogens is 2. The lowest BCUT2D eigenvalue weighted by molar-refractivity contribution is -0.300. The molecule has 0 radical (unpaired) electrons. The van der Waals surface area contributed by atoms with Crippen molar-refractivity contribution in [2.75, 3.05) is 13.7 Å². The molecule has 0 saturated heterocycles. The monoisotopic (exact) mass is 435 g/mol. The van der Waals surface area contributed by atoms with Gasteiger partial charge in [-0.1, -0.05) is 34.1 Å². The maximum atomic E-state index is 13.1. The van der Waals surface area contributed by atoms with Crippen molar-refractivity contribution < 1.29 is 18.9 Å². The zero-order valence-corrected chi connectivity index (χ0v) is 17.3. The minimum atomic E-state index is -0.245. The second-order valence-electron chi connectivity index (χ2n) is 5.87. The molecule has 4 nitrogen and oxygen atoms in total. The van der Waals surface area contributed by atoms with E-state index in [1.807, 2.05) is 26.0 Å². The molecular weight excluding hydrogens is 413 g/mol. The molecule has 144 valence electrons. The summed E-state index contributed by atoms with van der Waals surface area (Å²) in [4.78, 5) is 14.6. The summed E-state index contributed by atoms with van der Waals surface area (Å²) in [5.41, 5.74) is 3.81. The summed E-state index contributed by atoms with van der Waals surface area (Å²) >= 11 is 3.61. The third-order valence-electron chi connectivity index (χ3n) is 3.79. The molecule has 0 spiro atoms. The van der Waals surface area contributed by atoms with Crippen molar-refractivity contribution in [1.29, 1.82) is 0 Å². The number of nitrogens with zero attached hydrogens (tertiary/aromatic N) is 1. The molecule has 0 bridgehead atoms. The van der Waals surface area contributed by atoms with Crippen molar-refractivity contribution in [2.45, 2.75) is 26.9 Å². The van der Waals surface area contributed by atoms with E-state index < -0.39 is 0 Å². The first-order valence-corrected chi connectivity index (χ1v) is 9.36. The van der Waals surface area contributed by atoms with E-state index in [2.05, 4.69) is 20.9 Å². The summed E-state index contributed by atoms with van der Waals surface area (Å²) in [5.74, 6) is 0.338. The van der Waals surface area contributed by atoms with E-state index in [1.54, 1.807) is 31.6 Å². The standard InChI is InChI=1S/C21H23BrFNO3/c1-4-26-27-14-18-11-20(22)15(2)9-17(12-24-13-21(18)25-3)10-16-5-7-19(23)8-6-16/h5-9,11-13H,4,10,14H2,1-3H3. The number of ether oxygens (including phenoxy) is 1. The predicted molar refractivity (Wildman–Crippen MR) is 106 cm³/mol. The van der Waals surface area contributed by atoms with Gasteiger partial charge in [-0.05, 0) is 55.2 Å². The van der Waals surface area contributed by atoms with E-state index in [1.165, 1.54) is 12.1 Å². The molecule has 0 saturated carbocycles. The minimum absolute atomic E-state index is 0.234. The van der Waals surface area contributed by atoms with Crippen LogP contribution in [0.25, 0.3) is 0 Å². The second kappa shape index (κ2) is 11.0. The SMILES string of the molecule is CCOOCc1cc(Br)c(C)cc(Cc2ccc(F)cc2)cncc1OC. The fourth-order valence-corrected chi connectivity index (χ4v) is 2.82. The maximum Gasteiger partial charge on any atom is 0.142 e. The van der Waals surface area contributed by atoms with Gasteiger partial charge in [0.25, 0.3) is 0 Å². The van der Waals surface area contributed by atoms with Gasteiger partial charge >= 0.3 is 0 Å². The van der Waals surface area contributed by atoms with Gasteiger partial charge < -0.3 is 4.74 Å². The summed E-state index contributed by atoms with van der Waals surface area (Å²) in [6.45, 7) is 4.55. The first kappa shape index (κ1) is 21.3. The molecule has 0 aliphatic rings. The zero-order valence-electron chi connectivity index (χ0n) is 15.7. The van der Waals surface area contributed by atoms with Gasteiger partial charge in [0.2, 0.25) is 0 Å². The molecule has 0 aliphatic heterocycles. The summed E-state index contributed by atoms with van der Waals surface area (Å²) in [6, 6.07) is 10.4. The molecule has 6 heteroatoms. The molecule has 2 rings (SSSR count). The summed E-state index contributed by atoms with van der Waals surface area (Å²) < 4.78 is 19.5. The Morgan fingerprint density at radius 2 is 1.78 bits per heavy atom. The van der Waals surface area contributed by atoms with Gasteiger partial charge in [-0.15, -0.1) is 0 Å². The highest BCUT2D eigenvalue weighted by atomic mass is 79.9. The van der Waals surface area contributed by atoms with Crippen LogP contribution < -0.4 is 4.74 Å². The Bertz CT molecular complexity index is 811. The van der Waals surface area contributed by atoms with Crippen LogP contribution in [0.1, 0.15) is 29.2 Å². The van der Waals surface area contributed by atoms with Crippen LogP contribution in [0.3, 0.4) is 0 Å². The van der Waals surface area contributed by atoms with Gasteiger partial charge in [0.1, 0.15) is 18.2 Å². The largest absolute Gasteiger partial charge is 0.495 e. The molecule has 1 heterocycles. The van der Waals surface area contributed by atoms with E-state index in [0.717, 1.165) is 26.7 Å². The lowest BCUT2D eigenvalue weighted by atomic mass is 10.1. The molecule has 2 aromatic rings. The molecule has 0 N–H and O–H groups in total. The number of aryl methyl sites for hydroxylation is 1. The normalized spacial score (nSPS) is 10.4. The highest BCUT2D eigenvalue weighted by molar-refractivity contribution is 9.10. The van der Waals surface area contributed by atoms with Gasteiger partial charge in [0.05, 0.1) is 19.9 Å². The Morgan fingerprint density at radius 1 is 1.04 bits per heavy atom. The number of rotatable bonds is 7. The van der Waals surface area contributed by atoms with Gasteiger partial charge in [0, 0.05) is 16.2 Å². The summed E-state index contributed by atoms with van der Waals surface area (Å²) in [5, 5.41) is 0. The van der Waals surface area contributed by atoms with E-state index in [0.29, 0.717) is 18.8 Å². The fourth-order valence-electron chi connectivity index (χ4n) is 2.43. The quantitative estimate of drug-likeness (QED) is 0.327. The molecule has 0 unspecified atom stereocenters. The minimum Gasteiger partial charge on any atom is -0.495 e. The summed E-state index contributed by atoms with van der Waals surface area (Å²) in [6.07, 6.45) is 4.06. The van der Waals surface area contributed by atoms with Crippen LogP contribution in [0, 0.1) is 12.7 Å². The van der Waals surface area contributed by atoms with Crippen LogP contribution in [0.4, 0.5) is 4.39 Å². The lowest BCUT2D eigenvalue weighted by Crippen LogP contribution is -1.97. The number of benzene rings is 1. The molecule has 0 aliphatic carbocycles. The Labute approximate surface area is 167 Å². The summed E-state index contributed by atoms with van der Waals surface area (Å²) in [7, 11) is 1.58. The third kappa shape index (κ3) is 6.90. The van der Waals surface area contributed by atoms with Crippen LogP contribution in [0.15, 0.2) is 53.3 Å². The molecule has 0 atom stereocenters. The lowest BCUT2D eigenvalue weighted by Gasteiger charge is -2.07. The molecule has 0 amide bonds. The van der Waals surface area contributed by atoms with Gasteiger partial charge in [-0.25, -0.2) is 14.2 Å². The highest BCUT2D eigenvalue weighted by Gasteiger charge is 2.04. The smallest absolute Gasteiger partial charge is 0.142 e. The first-order valence-electron chi connectivity index (χ1n) is 8.57. The number of hydrogen-bond donors (Lipinski definition) is 0. The van der Waals surface area contributed by atoms with Gasteiger partial charge in [-0.2, -0.15) is 0 Å². The number of hydrogen-bond acceptors (Lipinski definition) is 4. The molecular formula is C21H23BrFNO3. The van der Waals surface area contributed by atoms with Crippen molar-refractivity contribution in [3.8, 4) is 5.75 Å². The van der Waals surface area contributed by atoms with Gasteiger partial charge in [-0.3, -0.25) is 4.98 Å². The van der Waals surface area contributed by atoms with Crippen LogP contribution in [-0.2, 0) is 22.8 Å². The van der Waals surface area contributed by atoms with Crippen molar-refractivity contribution in [2.24, 2.45) is 0 Å². The Balaban J connectivity index is 2.44. The first-order chi connectivity index (χ1) is 13.0. The Morgan fingerprint density at radius 3 is 2.44 bits per heavy atom. The van der Waals surface area contributed by atoms with Crippen molar-refractivity contribution in [1.82, 2.24) is 4.98 Å². The zero-order chi connectivity index (χ0) is 19.6. The van der Waals surface area contributed by atoms with E-state index in [-0.39, 0.29) is 12.4 Å². The average Bonchev–Trinajstić information content (AvgIpc) is 2.65. The molecule has 27 heavy (non-hydrogen) atoms. The predicted octanol–water partition coefficient (Wildman–Crippen LogP) is 5.48. The van der Waals surface area contributed by atoms with Crippen molar-refractivity contribution >= 4 is 15.9 Å². The molecule has 0 fully saturated rings. The van der Waals surface area contributed by atoms with E-state index in [9.17, 15) is 4.39 Å². The maximum absolute atomic E-state index is 13.1. The van der Waals surface area contributed by atoms with Crippen LogP contribution in [0.5, 0.6) is 5.75 Å².